The van der Waals surface area contributed by atoms with Crippen LogP contribution in [-0.4, -0.2) is 30.5 Å². The van der Waals surface area contributed by atoms with Gasteiger partial charge in [-0.2, -0.15) is 0 Å². The van der Waals surface area contributed by atoms with Crippen LogP contribution in [0.1, 0.15) is 42.8 Å². The second kappa shape index (κ2) is 9.47. The fourth-order valence-electron chi connectivity index (χ4n) is 2.88. The van der Waals surface area contributed by atoms with E-state index in [0.717, 1.165) is 35.3 Å². The first kappa shape index (κ1) is 22.1. The maximum atomic E-state index is 12.7. The molecule has 1 fully saturated rings. The zero-order valence-corrected chi connectivity index (χ0v) is 19.4. The SMILES string of the molecule is CC(C)(NC(=O)c1ccc(Br)s1)C(=O)Nc1ccc(N2CCCCCO2)c(Cl)c1. The summed E-state index contributed by atoms with van der Waals surface area (Å²) >= 11 is 11.1. The van der Waals surface area contributed by atoms with Crippen molar-refractivity contribution in [2.45, 2.75) is 38.6 Å². The molecule has 0 spiro atoms. The summed E-state index contributed by atoms with van der Waals surface area (Å²) in [6.45, 7) is 4.76. The van der Waals surface area contributed by atoms with Crippen molar-refractivity contribution in [1.82, 2.24) is 5.32 Å². The number of halogens is 2. The fourth-order valence-corrected chi connectivity index (χ4v) is 4.43. The van der Waals surface area contributed by atoms with Crippen LogP contribution >= 0.6 is 38.9 Å². The van der Waals surface area contributed by atoms with E-state index in [0.29, 0.717) is 22.2 Å². The lowest BCUT2D eigenvalue weighted by atomic mass is 10.0. The van der Waals surface area contributed by atoms with Gasteiger partial charge in [0.05, 0.1) is 26.0 Å². The lowest BCUT2D eigenvalue weighted by molar-refractivity contribution is -0.120. The van der Waals surface area contributed by atoms with E-state index < -0.39 is 5.54 Å². The lowest BCUT2D eigenvalue weighted by Crippen LogP contribution is -2.52. The van der Waals surface area contributed by atoms with Crippen molar-refractivity contribution in [3.05, 3.63) is 44.0 Å². The van der Waals surface area contributed by atoms with Crippen molar-refractivity contribution < 1.29 is 14.4 Å². The molecule has 6 nitrogen and oxygen atoms in total. The maximum absolute atomic E-state index is 12.7. The van der Waals surface area contributed by atoms with Crippen molar-refractivity contribution in [1.29, 1.82) is 0 Å². The summed E-state index contributed by atoms with van der Waals surface area (Å²) in [4.78, 5) is 31.4. The van der Waals surface area contributed by atoms with Gasteiger partial charge in [0.15, 0.2) is 0 Å². The Morgan fingerprint density at radius 1 is 1.21 bits per heavy atom. The number of thiophene rings is 1. The first-order valence-corrected chi connectivity index (χ1v) is 11.3. The van der Waals surface area contributed by atoms with Gasteiger partial charge >= 0.3 is 0 Å². The molecule has 1 aliphatic heterocycles. The Balaban J connectivity index is 1.65. The molecule has 0 aliphatic carbocycles. The highest BCUT2D eigenvalue weighted by Gasteiger charge is 2.30. The molecule has 1 aromatic heterocycles. The second-order valence-corrected chi connectivity index (χ2v) is 10.2. The summed E-state index contributed by atoms with van der Waals surface area (Å²) in [5, 5.41) is 7.90. The molecule has 2 heterocycles. The van der Waals surface area contributed by atoms with Crippen LogP contribution < -0.4 is 15.7 Å². The van der Waals surface area contributed by atoms with Gasteiger partial charge in [-0.05, 0) is 79.4 Å². The summed E-state index contributed by atoms with van der Waals surface area (Å²) < 4.78 is 0.855. The van der Waals surface area contributed by atoms with E-state index in [9.17, 15) is 9.59 Å². The summed E-state index contributed by atoms with van der Waals surface area (Å²) in [6, 6.07) is 8.81. The maximum Gasteiger partial charge on any atom is 0.262 e. The normalized spacial score (nSPS) is 15.0. The summed E-state index contributed by atoms with van der Waals surface area (Å²) in [5.41, 5.74) is 0.231. The highest BCUT2D eigenvalue weighted by molar-refractivity contribution is 9.11. The number of carbonyl (C=O) groups is 2. The van der Waals surface area contributed by atoms with Crippen LogP contribution in [-0.2, 0) is 9.63 Å². The van der Waals surface area contributed by atoms with Gasteiger partial charge < -0.3 is 10.6 Å². The van der Waals surface area contributed by atoms with E-state index >= 15 is 0 Å². The first-order valence-electron chi connectivity index (χ1n) is 9.35. The molecule has 29 heavy (non-hydrogen) atoms. The van der Waals surface area contributed by atoms with E-state index in [1.807, 2.05) is 11.1 Å². The van der Waals surface area contributed by atoms with Crippen LogP contribution in [0, 0.1) is 0 Å². The standard InChI is InChI=1S/C20H23BrClN3O3S/c1-20(2,24-18(26)16-8-9-17(21)29-16)19(27)23-13-6-7-15(14(22)12-13)25-10-4-3-5-11-28-25/h6-9,12H,3-5,10-11H2,1-2H3,(H,23,27)(H,24,26). The minimum atomic E-state index is -1.10. The Kier molecular flexibility index (Phi) is 7.21. The number of hydrogen-bond donors (Lipinski definition) is 2. The molecule has 1 aromatic carbocycles. The van der Waals surface area contributed by atoms with Crippen molar-refractivity contribution in [2.75, 3.05) is 23.5 Å². The van der Waals surface area contributed by atoms with Crippen LogP contribution in [0.5, 0.6) is 0 Å². The number of rotatable bonds is 5. The predicted molar refractivity (Wildman–Crippen MR) is 121 cm³/mol. The van der Waals surface area contributed by atoms with Gasteiger partial charge in [0.25, 0.3) is 5.91 Å². The number of anilines is 2. The molecule has 0 bridgehead atoms. The molecule has 156 valence electrons. The molecule has 3 rings (SSSR count). The van der Waals surface area contributed by atoms with E-state index in [4.69, 9.17) is 16.4 Å². The number of amides is 2. The molecule has 1 aliphatic rings. The number of nitrogens with zero attached hydrogens (tertiary/aromatic N) is 1. The summed E-state index contributed by atoms with van der Waals surface area (Å²) in [6.07, 6.45) is 3.21. The van der Waals surface area contributed by atoms with Crippen LogP contribution in [0.3, 0.4) is 0 Å². The largest absolute Gasteiger partial charge is 0.337 e. The zero-order chi connectivity index (χ0) is 21.0. The first-order chi connectivity index (χ1) is 13.8. The second-order valence-electron chi connectivity index (χ2n) is 7.30. The van der Waals surface area contributed by atoms with Gasteiger partial charge in [-0.3, -0.25) is 19.5 Å². The molecular formula is C20H23BrClN3O3S. The summed E-state index contributed by atoms with van der Waals surface area (Å²) in [5.74, 6) is -0.635. The Morgan fingerprint density at radius 3 is 2.69 bits per heavy atom. The minimum Gasteiger partial charge on any atom is -0.337 e. The number of benzene rings is 1. The minimum absolute atomic E-state index is 0.299. The number of hydroxylamine groups is 1. The number of hydrogen-bond acceptors (Lipinski definition) is 5. The van der Waals surface area contributed by atoms with Crippen molar-refractivity contribution in [3.63, 3.8) is 0 Å². The van der Waals surface area contributed by atoms with Gasteiger partial charge in [0, 0.05) is 12.2 Å². The average Bonchev–Trinajstić information content (AvgIpc) is 2.92. The van der Waals surface area contributed by atoms with E-state index in [1.165, 1.54) is 11.3 Å². The molecular weight excluding hydrogens is 478 g/mol. The van der Waals surface area contributed by atoms with Crippen molar-refractivity contribution in [3.8, 4) is 0 Å². The van der Waals surface area contributed by atoms with Crippen molar-refractivity contribution >= 4 is 62.1 Å². The Hall–Kier alpha value is -1.61. The third-order valence-electron chi connectivity index (χ3n) is 4.52. The number of nitrogens with one attached hydrogen (secondary N) is 2. The Labute approximate surface area is 187 Å². The van der Waals surface area contributed by atoms with Gasteiger partial charge in [-0.25, -0.2) is 0 Å². The van der Waals surface area contributed by atoms with Gasteiger partial charge in [-0.15, -0.1) is 11.3 Å². The zero-order valence-electron chi connectivity index (χ0n) is 16.3. The number of carbonyl (C=O) groups excluding carboxylic acids is 2. The van der Waals surface area contributed by atoms with Gasteiger partial charge in [0.1, 0.15) is 5.54 Å². The smallest absolute Gasteiger partial charge is 0.262 e. The van der Waals surface area contributed by atoms with Gasteiger partial charge in [0.2, 0.25) is 5.91 Å². The third kappa shape index (κ3) is 5.72. The molecule has 9 heteroatoms. The lowest BCUT2D eigenvalue weighted by Gasteiger charge is -2.26. The fraction of sp³-hybridized carbons (Fsp3) is 0.400. The molecule has 1 saturated heterocycles. The Morgan fingerprint density at radius 2 is 2.00 bits per heavy atom. The van der Waals surface area contributed by atoms with Crippen molar-refractivity contribution in [2.24, 2.45) is 0 Å². The highest BCUT2D eigenvalue weighted by atomic mass is 79.9. The monoisotopic (exact) mass is 499 g/mol. The molecule has 0 saturated carbocycles. The molecule has 0 unspecified atom stereocenters. The highest BCUT2D eigenvalue weighted by Crippen LogP contribution is 2.31. The van der Waals surface area contributed by atoms with Crippen LogP contribution in [0.15, 0.2) is 34.1 Å². The topological polar surface area (TPSA) is 70.7 Å². The molecule has 2 amide bonds. The van der Waals surface area contributed by atoms with Crippen LogP contribution in [0.25, 0.3) is 0 Å². The average molecular weight is 501 g/mol. The van der Waals surface area contributed by atoms with E-state index in [1.54, 1.807) is 38.1 Å². The molecule has 0 atom stereocenters. The molecule has 2 aromatic rings. The van der Waals surface area contributed by atoms with Crippen LogP contribution in [0.4, 0.5) is 11.4 Å². The Bertz CT molecular complexity index is 895. The summed E-state index contributed by atoms with van der Waals surface area (Å²) in [7, 11) is 0. The van der Waals surface area contributed by atoms with Gasteiger partial charge in [-0.1, -0.05) is 11.6 Å². The quantitative estimate of drug-likeness (QED) is 0.589. The molecule has 2 N–H and O–H groups in total. The van der Waals surface area contributed by atoms with Crippen LogP contribution in [0.2, 0.25) is 5.02 Å². The third-order valence-corrected chi connectivity index (χ3v) is 6.44. The molecule has 0 radical (unpaired) electrons. The van der Waals surface area contributed by atoms with E-state index in [2.05, 4.69) is 26.6 Å². The van der Waals surface area contributed by atoms with E-state index in [-0.39, 0.29) is 11.8 Å². The predicted octanol–water partition coefficient (Wildman–Crippen LogP) is 5.23.